The maximum Gasteiger partial charge on any atom is 0.293 e. The summed E-state index contributed by atoms with van der Waals surface area (Å²) in [4.78, 5) is 21.1. The third kappa shape index (κ3) is 4.82. The summed E-state index contributed by atoms with van der Waals surface area (Å²) >= 11 is 0. The van der Waals surface area contributed by atoms with Crippen LogP contribution in [0.1, 0.15) is 27.8 Å². The van der Waals surface area contributed by atoms with Gasteiger partial charge in [0.15, 0.2) is 11.5 Å². The number of carbonyl (C=O) groups excluding carboxylic acids is 1. The van der Waals surface area contributed by atoms with Gasteiger partial charge in [-0.15, -0.1) is 5.10 Å². The Morgan fingerprint density at radius 1 is 1.09 bits per heavy atom. The molecule has 1 saturated heterocycles. The zero-order chi connectivity index (χ0) is 23.5. The van der Waals surface area contributed by atoms with E-state index in [1.807, 2.05) is 18.2 Å². The van der Waals surface area contributed by atoms with Gasteiger partial charge >= 0.3 is 0 Å². The number of hydrogen-bond acceptors (Lipinski definition) is 8. The van der Waals surface area contributed by atoms with Crippen LogP contribution in [0.5, 0.6) is 17.2 Å². The van der Waals surface area contributed by atoms with Crippen molar-refractivity contribution >= 4 is 5.91 Å². The van der Waals surface area contributed by atoms with Gasteiger partial charge < -0.3 is 24.2 Å². The number of benzene rings is 2. The van der Waals surface area contributed by atoms with Crippen molar-refractivity contribution in [2.45, 2.75) is 19.2 Å². The number of hydrogen-bond donors (Lipinski definition) is 1. The van der Waals surface area contributed by atoms with Gasteiger partial charge in [-0.1, -0.05) is 18.2 Å². The van der Waals surface area contributed by atoms with E-state index in [2.05, 4.69) is 15.0 Å². The zero-order valence-electron chi connectivity index (χ0n) is 19.0. The Bertz CT molecular complexity index is 1140. The molecular weight excluding hydrogens is 438 g/mol. The molecule has 1 N–H and O–H groups in total. The van der Waals surface area contributed by atoms with Crippen LogP contribution in [0.2, 0.25) is 0 Å². The number of aliphatic hydroxyl groups is 1. The number of rotatable bonds is 7. The molecular formula is C24H27N5O5. The number of carbonyl (C=O) groups is 1. The Hall–Kier alpha value is -3.63. The smallest absolute Gasteiger partial charge is 0.293 e. The number of fused-ring (bicyclic) bond motifs is 1. The highest BCUT2D eigenvalue weighted by atomic mass is 16.7. The second kappa shape index (κ2) is 9.70. The Morgan fingerprint density at radius 3 is 2.62 bits per heavy atom. The second-order valence-electron chi connectivity index (χ2n) is 8.34. The molecule has 3 aromatic rings. The fourth-order valence-corrected chi connectivity index (χ4v) is 4.14. The molecule has 178 valence electrons. The lowest BCUT2D eigenvalue weighted by Gasteiger charge is -2.34. The Morgan fingerprint density at radius 2 is 1.85 bits per heavy atom. The molecule has 10 nitrogen and oxygen atoms in total. The van der Waals surface area contributed by atoms with Crippen molar-refractivity contribution in [3.8, 4) is 17.2 Å². The highest BCUT2D eigenvalue weighted by Crippen LogP contribution is 2.32. The Labute approximate surface area is 197 Å². The summed E-state index contributed by atoms with van der Waals surface area (Å²) < 4.78 is 17.5. The minimum absolute atomic E-state index is 0.145. The quantitative estimate of drug-likeness (QED) is 0.563. The highest BCUT2D eigenvalue weighted by molar-refractivity contribution is 5.90. The SMILES string of the molecule is COc1ccc([C@H](O)Cn2cnc(C(=O)N3CCN(Cc4ccc5c(c4)OCO5)CC3)n2)cc1. The average Bonchev–Trinajstić information content (AvgIpc) is 3.53. The molecule has 34 heavy (non-hydrogen) atoms. The number of amides is 1. The van der Waals surface area contributed by atoms with Crippen molar-refractivity contribution in [3.63, 3.8) is 0 Å². The number of aromatic nitrogens is 3. The van der Waals surface area contributed by atoms with Gasteiger partial charge in [0.1, 0.15) is 12.1 Å². The summed E-state index contributed by atoms with van der Waals surface area (Å²) in [5.41, 5.74) is 1.89. The van der Waals surface area contributed by atoms with Crippen molar-refractivity contribution in [1.29, 1.82) is 0 Å². The van der Waals surface area contributed by atoms with E-state index in [1.54, 1.807) is 36.3 Å². The molecule has 1 amide bonds. The van der Waals surface area contributed by atoms with Crippen LogP contribution in [0, 0.1) is 0 Å². The molecule has 1 fully saturated rings. The van der Waals surface area contributed by atoms with Crippen LogP contribution in [-0.2, 0) is 13.1 Å². The van der Waals surface area contributed by atoms with E-state index in [0.717, 1.165) is 48.0 Å². The topological polar surface area (TPSA) is 102 Å². The molecule has 0 saturated carbocycles. The van der Waals surface area contributed by atoms with E-state index in [4.69, 9.17) is 14.2 Å². The number of ether oxygens (including phenoxy) is 3. The van der Waals surface area contributed by atoms with Gasteiger partial charge in [0.2, 0.25) is 12.6 Å². The summed E-state index contributed by atoms with van der Waals surface area (Å²) in [6.07, 6.45) is 0.714. The maximum absolute atomic E-state index is 12.9. The van der Waals surface area contributed by atoms with Gasteiger partial charge in [-0.05, 0) is 35.4 Å². The first kappa shape index (κ1) is 22.2. The molecule has 1 atom stereocenters. The lowest BCUT2D eigenvalue weighted by Crippen LogP contribution is -2.48. The fraction of sp³-hybridized carbons (Fsp3) is 0.375. The second-order valence-corrected chi connectivity index (χ2v) is 8.34. The number of nitrogens with zero attached hydrogens (tertiary/aromatic N) is 5. The van der Waals surface area contributed by atoms with E-state index in [-0.39, 0.29) is 25.1 Å². The van der Waals surface area contributed by atoms with Gasteiger partial charge in [-0.3, -0.25) is 9.69 Å². The minimum atomic E-state index is -0.768. The Kier molecular flexibility index (Phi) is 6.33. The molecule has 0 aliphatic carbocycles. The van der Waals surface area contributed by atoms with E-state index < -0.39 is 6.10 Å². The summed E-state index contributed by atoms with van der Waals surface area (Å²) in [6, 6.07) is 13.2. The zero-order valence-corrected chi connectivity index (χ0v) is 19.0. The fourth-order valence-electron chi connectivity index (χ4n) is 4.14. The molecule has 2 aliphatic heterocycles. The van der Waals surface area contributed by atoms with Crippen molar-refractivity contribution in [2.75, 3.05) is 40.1 Å². The van der Waals surface area contributed by atoms with E-state index in [9.17, 15) is 9.90 Å². The minimum Gasteiger partial charge on any atom is -0.497 e. The molecule has 2 aliphatic rings. The van der Waals surface area contributed by atoms with Crippen molar-refractivity contribution in [1.82, 2.24) is 24.6 Å². The van der Waals surface area contributed by atoms with E-state index in [1.165, 1.54) is 11.0 Å². The first-order valence-electron chi connectivity index (χ1n) is 11.2. The number of aliphatic hydroxyl groups excluding tert-OH is 1. The molecule has 1 aromatic heterocycles. The summed E-state index contributed by atoms with van der Waals surface area (Å²) in [5.74, 6) is 2.24. The molecule has 3 heterocycles. The lowest BCUT2D eigenvalue weighted by molar-refractivity contribution is 0.0615. The third-order valence-electron chi connectivity index (χ3n) is 6.09. The molecule has 2 aromatic carbocycles. The Balaban J connectivity index is 1.13. The standard InChI is InChI=1S/C24H27N5O5/c1-32-19-5-3-18(4-6-19)20(30)14-29-15-25-23(26-29)24(31)28-10-8-27(9-11-28)13-17-2-7-21-22(12-17)34-16-33-21/h2-7,12,15,20,30H,8-11,13-14,16H2,1H3/t20-/m1/s1. The molecule has 0 radical (unpaired) electrons. The largest absolute Gasteiger partial charge is 0.497 e. The molecule has 0 spiro atoms. The molecule has 10 heteroatoms. The first-order valence-corrected chi connectivity index (χ1v) is 11.2. The summed E-state index contributed by atoms with van der Waals surface area (Å²) in [7, 11) is 1.60. The highest BCUT2D eigenvalue weighted by Gasteiger charge is 2.25. The van der Waals surface area contributed by atoms with Crippen LogP contribution in [0.15, 0.2) is 48.8 Å². The average molecular weight is 466 g/mol. The van der Waals surface area contributed by atoms with Crippen LogP contribution >= 0.6 is 0 Å². The lowest BCUT2D eigenvalue weighted by atomic mass is 10.1. The van der Waals surface area contributed by atoms with Crippen molar-refractivity contribution in [3.05, 3.63) is 65.7 Å². The van der Waals surface area contributed by atoms with Crippen LogP contribution < -0.4 is 14.2 Å². The monoisotopic (exact) mass is 465 g/mol. The van der Waals surface area contributed by atoms with Crippen molar-refractivity contribution in [2.24, 2.45) is 0 Å². The van der Waals surface area contributed by atoms with Gasteiger partial charge in [0.25, 0.3) is 5.91 Å². The van der Waals surface area contributed by atoms with Crippen LogP contribution in [0.3, 0.4) is 0 Å². The van der Waals surface area contributed by atoms with E-state index >= 15 is 0 Å². The van der Waals surface area contributed by atoms with Crippen LogP contribution in [0.4, 0.5) is 0 Å². The maximum atomic E-state index is 12.9. The summed E-state index contributed by atoms with van der Waals surface area (Å²) in [6.45, 7) is 3.99. The van der Waals surface area contributed by atoms with Gasteiger partial charge in [-0.2, -0.15) is 0 Å². The molecule has 5 rings (SSSR count). The number of piperazine rings is 1. The van der Waals surface area contributed by atoms with Gasteiger partial charge in [0.05, 0.1) is 19.8 Å². The van der Waals surface area contributed by atoms with E-state index in [0.29, 0.717) is 13.1 Å². The summed E-state index contributed by atoms with van der Waals surface area (Å²) in [5, 5.41) is 14.8. The van der Waals surface area contributed by atoms with Gasteiger partial charge in [0, 0.05) is 32.7 Å². The third-order valence-corrected chi connectivity index (χ3v) is 6.09. The van der Waals surface area contributed by atoms with Crippen LogP contribution in [0.25, 0.3) is 0 Å². The normalized spacial score (nSPS) is 16.5. The van der Waals surface area contributed by atoms with Crippen LogP contribution in [-0.4, -0.2) is 75.7 Å². The van der Waals surface area contributed by atoms with Gasteiger partial charge in [-0.25, -0.2) is 9.67 Å². The number of methoxy groups -OCH3 is 1. The van der Waals surface area contributed by atoms with Crippen molar-refractivity contribution < 1.29 is 24.1 Å². The molecule has 0 unspecified atom stereocenters. The predicted octanol–water partition coefficient (Wildman–Crippen LogP) is 1.71. The molecule has 0 bridgehead atoms. The first-order chi connectivity index (χ1) is 16.6. The predicted molar refractivity (Wildman–Crippen MR) is 122 cm³/mol.